The first-order valence-corrected chi connectivity index (χ1v) is 8.31. The number of unbranched alkanes of at least 4 members (excludes halogenated alkanes) is 2. The molecule has 1 aromatic heterocycles. The molecule has 7 N–H and O–H groups in total. The van der Waals surface area contributed by atoms with Crippen LogP contribution in [0.1, 0.15) is 25.7 Å². The van der Waals surface area contributed by atoms with Crippen LogP contribution < -0.4 is 28.0 Å². The topological polar surface area (TPSA) is 195 Å². The fourth-order valence-electron chi connectivity index (χ4n) is 2.11. The molecule has 0 saturated carbocycles. The van der Waals surface area contributed by atoms with Gasteiger partial charge in [-0.1, -0.05) is 0 Å². The maximum absolute atomic E-state index is 11.6. The number of carboxylic acids is 1. The van der Waals surface area contributed by atoms with Gasteiger partial charge in [-0.15, -0.1) is 0 Å². The van der Waals surface area contributed by atoms with Crippen molar-refractivity contribution in [3.8, 4) is 0 Å². The van der Waals surface area contributed by atoms with Crippen LogP contribution in [0.25, 0.3) is 0 Å². The second kappa shape index (κ2) is 11.3. The first-order chi connectivity index (χ1) is 12.8. The highest BCUT2D eigenvalue weighted by molar-refractivity contribution is 5.80. The molecule has 1 heterocycles. The molecule has 0 aliphatic heterocycles. The van der Waals surface area contributed by atoms with Crippen molar-refractivity contribution in [3.63, 3.8) is 0 Å². The summed E-state index contributed by atoms with van der Waals surface area (Å²) in [5.74, 6) is -1.38. The van der Waals surface area contributed by atoms with Gasteiger partial charge in [0, 0.05) is 25.4 Å². The fourth-order valence-corrected chi connectivity index (χ4v) is 2.11. The molecule has 0 saturated heterocycles. The van der Waals surface area contributed by atoms with Gasteiger partial charge >= 0.3 is 17.8 Å². The summed E-state index contributed by atoms with van der Waals surface area (Å²) in [7, 11) is 0. The lowest BCUT2D eigenvalue weighted by molar-refractivity contribution is -0.139. The lowest BCUT2D eigenvalue weighted by atomic mass is 10.2. The molecule has 0 spiro atoms. The third kappa shape index (κ3) is 9.09. The van der Waals surface area contributed by atoms with Crippen molar-refractivity contribution >= 4 is 18.0 Å². The SMILES string of the molecule is NC(N)=NCCC(NC(=O)OCCCCCn1ccc(=O)[nH]c1=O)C(=O)O. The van der Waals surface area contributed by atoms with Gasteiger partial charge in [-0.2, -0.15) is 0 Å². The number of H-pyrrole nitrogens is 1. The van der Waals surface area contributed by atoms with Crippen LogP contribution in [-0.2, 0) is 16.1 Å². The molecule has 12 heteroatoms. The van der Waals surface area contributed by atoms with E-state index in [1.54, 1.807) is 0 Å². The Hall–Kier alpha value is -3.31. The summed E-state index contributed by atoms with van der Waals surface area (Å²) in [5.41, 5.74) is 9.37. The van der Waals surface area contributed by atoms with Crippen LogP contribution in [0.5, 0.6) is 0 Å². The van der Waals surface area contributed by atoms with Crippen molar-refractivity contribution in [2.24, 2.45) is 16.5 Å². The second-order valence-corrected chi connectivity index (χ2v) is 5.63. The minimum Gasteiger partial charge on any atom is -0.480 e. The molecule has 12 nitrogen and oxygen atoms in total. The van der Waals surface area contributed by atoms with Crippen LogP contribution in [0, 0.1) is 0 Å². The van der Waals surface area contributed by atoms with E-state index in [1.807, 2.05) is 0 Å². The highest BCUT2D eigenvalue weighted by Gasteiger charge is 2.20. The Morgan fingerprint density at radius 2 is 2.04 bits per heavy atom. The predicted molar refractivity (Wildman–Crippen MR) is 96.4 cm³/mol. The van der Waals surface area contributed by atoms with Crippen molar-refractivity contribution in [1.29, 1.82) is 0 Å². The zero-order chi connectivity index (χ0) is 20.2. The van der Waals surface area contributed by atoms with Gasteiger partial charge < -0.3 is 31.2 Å². The molecule has 0 bridgehead atoms. The molecule has 0 aromatic carbocycles. The summed E-state index contributed by atoms with van der Waals surface area (Å²) >= 11 is 0. The number of alkyl carbamates (subject to hydrolysis) is 1. The van der Waals surface area contributed by atoms with Crippen LogP contribution >= 0.6 is 0 Å². The normalized spacial score (nSPS) is 11.4. The maximum atomic E-state index is 11.6. The van der Waals surface area contributed by atoms with Crippen LogP contribution in [0.4, 0.5) is 4.79 Å². The number of aliphatic imine (C=N–C) groups is 1. The summed E-state index contributed by atoms with van der Waals surface area (Å²) in [6.07, 6.45) is 2.45. The van der Waals surface area contributed by atoms with Crippen molar-refractivity contribution in [1.82, 2.24) is 14.9 Å². The third-order valence-electron chi connectivity index (χ3n) is 3.48. The summed E-state index contributed by atoms with van der Waals surface area (Å²) in [5, 5.41) is 11.3. The number of guanidine groups is 1. The van der Waals surface area contributed by atoms with Crippen LogP contribution in [-0.4, -0.2) is 51.9 Å². The quantitative estimate of drug-likeness (QED) is 0.173. The Kier molecular flexibility index (Phi) is 9.12. The van der Waals surface area contributed by atoms with E-state index in [0.717, 1.165) is 0 Å². The minimum absolute atomic E-state index is 0.0241. The zero-order valence-electron chi connectivity index (χ0n) is 14.7. The second-order valence-electron chi connectivity index (χ2n) is 5.63. The highest BCUT2D eigenvalue weighted by Crippen LogP contribution is 1.99. The van der Waals surface area contributed by atoms with E-state index in [2.05, 4.69) is 15.3 Å². The van der Waals surface area contributed by atoms with Crippen molar-refractivity contribution in [2.45, 2.75) is 38.3 Å². The van der Waals surface area contributed by atoms with Crippen LogP contribution in [0.3, 0.4) is 0 Å². The Balaban J connectivity index is 2.23. The number of amides is 1. The summed E-state index contributed by atoms with van der Waals surface area (Å²) in [4.78, 5) is 50.9. The molecular weight excluding hydrogens is 360 g/mol. The van der Waals surface area contributed by atoms with E-state index in [0.29, 0.717) is 25.8 Å². The van der Waals surface area contributed by atoms with E-state index < -0.39 is 29.4 Å². The maximum Gasteiger partial charge on any atom is 0.407 e. The van der Waals surface area contributed by atoms with E-state index in [1.165, 1.54) is 16.8 Å². The van der Waals surface area contributed by atoms with E-state index >= 15 is 0 Å². The molecule has 0 aliphatic carbocycles. The van der Waals surface area contributed by atoms with Gasteiger partial charge in [-0.25, -0.2) is 14.4 Å². The Labute approximate surface area is 154 Å². The first-order valence-electron chi connectivity index (χ1n) is 8.31. The highest BCUT2D eigenvalue weighted by atomic mass is 16.5. The average molecular weight is 384 g/mol. The van der Waals surface area contributed by atoms with Crippen LogP contribution in [0.2, 0.25) is 0 Å². The number of aromatic nitrogens is 2. The number of rotatable bonds is 11. The number of carboxylic acid groups (broad SMARTS) is 1. The van der Waals surface area contributed by atoms with E-state index in [9.17, 15) is 19.2 Å². The zero-order valence-corrected chi connectivity index (χ0v) is 14.7. The number of aryl methyl sites for hydroxylation is 1. The molecule has 0 fully saturated rings. The Bertz CT molecular complexity index is 767. The molecule has 27 heavy (non-hydrogen) atoms. The van der Waals surface area contributed by atoms with Gasteiger partial charge in [0.15, 0.2) is 5.96 Å². The molecule has 150 valence electrons. The molecule has 1 rings (SSSR count). The smallest absolute Gasteiger partial charge is 0.407 e. The number of ether oxygens (including phenoxy) is 1. The van der Waals surface area contributed by atoms with Crippen molar-refractivity contribution in [2.75, 3.05) is 13.2 Å². The summed E-state index contributed by atoms with van der Waals surface area (Å²) in [6, 6.07) is 0.105. The number of nitrogens with one attached hydrogen (secondary N) is 2. The number of aliphatic carboxylic acids is 1. The standard InChI is InChI=1S/C15H24N6O6/c16-13(17)18-6-4-10(12(23)24)19-15(26)27-9-3-1-2-7-21-8-5-11(22)20-14(21)25/h5,8,10H,1-4,6-7,9H2,(H,19,26)(H,23,24)(H4,16,17,18)(H,20,22,25). The van der Waals surface area contributed by atoms with Crippen LogP contribution in [0.15, 0.2) is 26.8 Å². The number of nitrogens with zero attached hydrogens (tertiary/aromatic N) is 2. The largest absolute Gasteiger partial charge is 0.480 e. The number of nitrogens with two attached hydrogens (primary N) is 2. The third-order valence-corrected chi connectivity index (χ3v) is 3.48. The molecule has 1 atom stereocenters. The Morgan fingerprint density at radius 1 is 1.30 bits per heavy atom. The van der Waals surface area contributed by atoms with E-state index in [4.69, 9.17) is 21.3 Å². The molecule has 1 aromatic rings. The minimum atomic E-state index is -1.22. The lowest BCUT2D eigenvalue weighted by Gasteiger charge is -2.13. The lowest BCUT2D eigenvalue weighted by Crippen LogP contribution is -2.41. The van der Waals surface area contributed by atoms with Gasteiger partial charge in [0.05, 0.1) is 6.61 Å². The Morgan fingerprint density at radius 3 is 2.67 bits per heavy atom. The van der Waals surface area contributed by atoms with Gasteiger partial charge in [0.25, 0.3) is 5.56 Å². The molecular formula is C15H24N6O6. The fraction of sp³-hybridized carbons (Fsp3) is 0.533. The van der Waals surface area contributed by atoms with Gasteiger partial charge in [-0.3, -0.25) is 14.8 Å². The first kappa shape index (κ1) is 21.7. The van der Waals surface area contributed by atoms with E-state index in [-0.39, 0.29) is 25.5 Å². The number of aromatic amines is 1. The van der Waals surface area contributed by atoms with Crippen molar-refractivity contribution < 1.29 is 19.4 Å². The average Bonchev–Trinajstić information content (AvgIpc) is 2.58. The molecule has 1 amide bonds. The summed E-state index contributed by atoms with van der Waals surface area (Å²) < 4.78 is 6.31. The molecule has 0 radical (unpaired) electrons. The van der Waals surface area contributed by atoms with Gasteiger partial charge in [0.1, 0.15) is 6.04 Å². The number of hydrogen-bond donors (Lipinski definition) is 5. The number of carbonyl (C=O) groups is 2. The monoisotopic (exact) mass is 384 g/mol. The molecule has 1 unspecified atom stereocenters. The summed E-state index contributed by atoms with van der Waals surface area (Å²) in [6.45, 7) is 0.587. The van der Waals surface area contributed by atoms with Gasteiger partial charge in [-0.05, 0) is 25.7 Å². The van der Waals surface area contributed by atoms with Crippen molar-refractivity contribution in [3.05, 3.63) is 33.1 Å². The molecule has 0 aliphatic rings. The number of carbonyl (C=O) groups excluding carboxylic acids is 1. The number of hydrogen-bond acceptors (Lipinski definition) is 6. The predicted octanol–water partition coefficient (Wildman–Crippen LogP) is -1.45. The van der Waals surface area contributed by atoms with Gasteiger partial charge in [0.2, 0.25) is 0 Å².